The van der Waals surface area contributed by atoms with Crippen molar-refractivity contribution in [2.45, 2.75) is 46.0 Å². The molecule has 0 fully saturated rings. The van der Waals surface area contributed by atoms with Crippen molar-refractivity contribution in [2.75, 3.05) is 11.1 Å². The fraction of sp³-hybridized carbons (Fsp3) is 0.500. The van der Waals surface area contributed by atoms with E-state index >= 15 is 0 Å². The number of nitrogens with zero attached hydrogens (tertiary/aromatic N) is 2. The van der Waals surface area contributed by atoms with Gasteiger partial charge in [-0.2, -0.15) is 10.2 Å². The van der Waals surface area contributed by atoms with Crippen LogP contribution >= 0.6 is 0 Å². The normalized spacial score (nSPS) is 11.9. The van der Waals surface area contributed by atoms with Gasteiger partial charge < -0.3 is 11.1 Å². The number of carbonyl (C=O) groups is 1. The van der Waals surface area contributed by atoms with Gasteiger partial charge in [-0.3, -0.25) is 15.0 Å². The summed E-state index contributed by atoms with van der Waals surface area (Å²) >= 11 is 0. The Bertz CT molecular complexity index is 647. The molecule has 0 aliphatic carbocycles. The number of nitrogen functional groups attached to an aromatic ring is 1. The molecule has 0 aliphatic heterocycles. The molecule has 7 nitrogen and oxygen atoms in total. The summed E-state index contributed by atoms with van der Waals surface area (Å²) in [4.78, 5) is 12.2. The highest BCUT2D eigenvalue weighted by molar-refractivity contribution is 6.06. The SMILES string of the molecule is CC(C)c1[nH]nc(C(=O)Nc2cc(C(C)(C)C)[nH]n2)c1N. The van der Waals surface area contributed by atoms with Crippen LogP contribution in [0.4, 0.5) is 11.5 Å². The van der Waals surface area contributed by atoms with Gasteiger partial charge in [0, 0.05) is 17.2 Å². The Hall–Kier alpha value is -2.31. The molecule has 0 aromatic carbocycles. The molecular weight excluding hydrogens is 268 g/mol. The number of anilines is 2. The van der Waals surface area contributed by atoms with Crippen LogP contribution in [0.5, 0.6) is 0 Å². The molecule has 5 N–H and O–H groups in total. The van der Waals surface area contributed by atoms with Gasteiger partial charge in [-0.15, -0.1) is 0 Å². The van der Waals surface area contributed by atoms with Crippen LogP contribution in [0.25, 0.3) is 0 Å². The van der Waals surface area contributed by atoms with E-state index in [0.29, 0.717) is 11.5 Å². The lowest BCUT2D eigenvalue weighted by molar-refractivity contribution is 0.102. The molecule has 2 aromatic heterocycles. The summed E-state index contributed by atoms with van der Waals surface area (Å²) in [6.45, 7) is 10.1. The smallest absolute Gasteiger partial charge is 0.279 e. The van der Waals surface area contributed by atoms with E-state index in [-0.39, 0.29) is 22.9 Å². The van der Waals surface area contributed by atoms with Crippen LogP contribution < -0.4 is 11.1 Å². The molecule has 21 heavy (non-hydrogen) atoms. The minimum Gasteiger partial charge on any atom is -0.395 e. The summed E-state index contributed by atoms with van der Waals surface area (Å²) in [6.07, 6.45) is 0. The van der Waals surface area contributed by atoms with E-state index in [1.807, 2.05) is 19.9 Å². The lowest BCUT2D eigenvalue weighted by Crippen LogP contribution is -2.15. The van der Waals surface area contributed by atoms with Crippen LogP contribution in [0, 0.1) is 0 Å². The summed E-state index contributed by atoms with van der Waals surface area (Å²) in [5.41, 5.74) is 8.17. The number of nitrogens with one attached hydrogen (secondary N) is 3. The second-order valence-corrected chi connectivity index (χ2v) is 6.43. The summed E-state index contributed by atoms with van der Waals surface area (Å²) in [5, 5.41) is 16.5. The second kappa shape index (κ2) is 5.23. The Balaban J connectivity index is 2.17. The fourth-order valence-electron chi connectivity index (χ4n) is 1.92. The fourth-order valence-corrected chi connectivity index (χ4v) is 1.92. The number of H-pyrrole nitrogens is 2. The van der Waals surface area contributed by atoms with Gasteiger partial charge in [0.25, 0.3) is 5.91 Å². The van der Waals surface area contributed by atoms with Crippen molar-refractivity contribution < 1.29 is 4.79 Å². The highest BCUT2D eigenvalue weighted by atomic mass is 16.2. The molecule has 0 unspecified atom stereocenters. The molecule has 2 aromatic rings. The molecule has 0 atom stereocenters. The third-order valence-corrected chi connectivity index (χ3v) is 3.25. The number of aromatic nitrogens is 4. The number of amides is 1. The van der Waals surface area contributed by atoms with E-state index in [2.05, 4.69) is 46.5 Å². The Morgan fingerprint density at radius 3 is 2.43 bits per heavy atom. The zero-order valence-electron chi connectivity index (χ0n) is 13.0. The highest BCUT2D eigenvalue weighted by Crippen LogP contribution is 2.24. The Morgan fingerprint density at radius 1 is 1.29 bits per heavy atom. The molecule has 114 valence electrons. The van der Waals surface area contributed by atoms with Crippen molar-refractivity contribution in [1.29, 1.82) is 0 Å². The van der Waals surface area contributed by atoms with E-state index < -0.39 is 0 Å². The molecule has 0 radical (unpaired) electrons. The van der Waals surface area contributed by atoms with Crippen molar-refractivity contribution in [3.8, 4) is 0 Å². The van der Waals surface area contributed by atoms with Crippen LogP contribution in [0.2, 0.25) is 0 Å². The zero-order valence-corrected chi connectivity index (χ0v) is 13.0. The van der Waals surface area contributed by atoms with Crippen molar-refractivity contribution in [2.24, 2.45) is 0 Å². The minimum absolute atomic E-state index is 0.0633. The average Bonchev–Trinajstić information content (AvgIpc) is 2.94. The van der Waals surface area contributed by atoms with Crippen LogP contribution in [-0.2, 0) is 5.41 Å². The van der Waals surface area contributed by atoms with Gasteiger partial charge in [0.1, 0.15) is 0 Å². The topological polar surface area (TPSA) is 112 Å². The van der Waals surface area contributed by atoms with Crippen molar-refractivity contribution in [3.05, 3.63) is 23.1 Å². The van der Waals surface area contributed by atoms with Crippen LogP contribution in [-0.4, -0.2) is 26.3 Å². The van der Waals surface area contributed by atoms with E-state index in [9.17, 15) is 4.79 Å². The summed E-state index contributed by atoms with van der Waals surface area (Å²) in [6, 6.07) is 1.81. The summed E-state index contributed by atoms with van der Waals surface area (Å²) in [5.74, 6) is 0.262. The van der Waals surface area contributed by atoms with Gasteiger partial charge in [0.2, 0.25) is 0 Å². The third-order valence-electron chi connectivity index (χ3n) is 3.25. The first-order chi connectivity index (χ1) is 9.70. The van der Waals surface area contributed by atoms with Crippen LogP contribution in [0.3, 0.4) is 0 Å². The van der Waals surface area contributed by atoms with Gasteiger partial charge in [0.15, 0.2) is 11.5 Å². The van der Waals surface area contributed by atoms with Crippen molar-refractivity contribution in [3.63, 3.8) is 0 Å². The van der Waals surface area contributed by atoms with Crippen molar-refractivity contribution in [1.82, 2.24) is 20.4 Å². The minimum atomic E-state index is -0.373. The largest absolute Gasteiger partial charge is 0.395 e. The molecule has 2 heterocycles. The van der Waals surface area contributed by atoms with Gasteiger partial charge in [-0.05, 0) is 5.92 Å². The molecule has 0 aliphatic rings. The highest BCUT2D eigenvalue weighted by Gasteiger charge is 2.21. The lowest BCUT2D eigenvalue weighted by atomic mass is 9.92. The quantitative estimate of drug-likeness (QED) is 0.695. The zero-order chi connectivity index (χ0) is 15.8. The van der Waals surface area contributed by atoms with Gasteiger partial charge in [0.05, 0.1) is 11.4 Å². The molecule has 2 rings (SSSR count). The number of aromatic amines is 2. The molecular formula is C14H22N6O. The summed E-state index contributed by atoms with van der Waals surface area (Å²) in [7, 11) is 0. The standard InChI is InChI=1S/C14H22N6O/c1-7(2)11-10(15)12(20-19-11)13(21)16-9-6-8(17-18-9)14(3,4)5/h6-7H,15H2,1-5H3,(H,19,20)(H2,16,17,18,21). The third kappa shape index (κ3) is 3.07. The predicted octanol–water partition coefficient (Wildman–Crippen LogP) is 2.39. The Kier molecular flexibility index (Phi) is 3.76. The van der Waals surface area contributed by atoms with Crippen molar-refractivity contribution >= 4 is 17.4 Å². The van der Waals surface area contributed by atoms with Crippen LogP contribution in [0.1, 0.15) is 62.4 Å². The molecule has 7 heteroatoms. The first-order valence-corrected chi connectivity index (χ1v) is 6.91. The maximum Gasteiger partial charge on any atom is 0.279 e. The number of hydrogen-bond donors (Lipinski definition) is 4. The predicted molar refractivity (Wildman–Crippen MR) is 82.3 cm³/mol. The first kappa shape index (κ1) is 15.1. The number of rotatable bonds is 3. The maximum absolute atomic E-state index is 12.2. The van der Waals surface area contributed by atoms with Gasteiger partial charge in [-0.1, -0.05) is 34.6 Å². The van der Waals surface area contributed by atoms with Crippen LogP contribution in [0.15, 0.2) is 6.07 Å². The maximum atomic E-state index is 12.2. The lowest BCUT2D eigenvalue weighted by Gasteiger charge is -2.14. The van der Waals surface area contributed by atoms with Gasteiger partial charge in [-0.25, -0.2) is 0 Å². The number of carbonyl (C=O) groups excluding carboxylic acids is 1. The molecule has 0 saturated heterocycles. The number of nitrogens with two attached hydrogens (primary N) is 1. The molecule has 0 bridgehead atoms. The Labute approximate surface area is 123 Å². The second-order valence-electron chi connectivity index (χ2n) is 6.43. The van der Waals surface area contributed by atoms with E-state index in [1.165, 1.54) is 0 Å². The van der Waals surface area contributed by atoms with E-state index in [4.69, 9.17) is 5.73 Å². The average molecular weight is 290 g/mol. The van der Waals surface area contributed by atoms with E-state index in [0.717, 1.165) is 11.4 Å². The molecule has 0 spiro atoms. The first-order valence-electron chi connectivity index (χ1n) is 6.91. The molecule has 0 saturated carbocycles. The number of hydrogen-bond acceptors (Lipinski definition) is 4. The monoisotopic (exact) mass is 290 g/mol. The van der Waals surface area contributed by atoms with E-state index in [1.54, 1.807) is 0 Å². The van der Waals surface area contributed by atoms with Gasteiger partial charge >= 0.3 is 0 Å². The summed E-state index contributed by atoms with van der Waals surface area (Å²) < 4.78 is 0. The Morgan fingerprint density at radius 2 is 1.95 bits per heavy atom. The molecule has 1 amide bonds.